The summed E-state index contributed by atoms with van der Waals surface area (Å²) < 4.78 is 11.2. The van der Waals surface area contributed by atoms with Crippen LogP contribution in [0.5, 0.6) is 5.88 Å². The van der Waals surface area contributed by atoms with Crippen molar-refractivity contribution in [3.8, 4) is 16.5 Å². The number of aromatic nitrogens is 3. The maximum absolute atomic E-state index is 12.7. The van der Waals surface area contributed by atoms with Crippen LogP contribution in [0.3, 0.4) is 0 Å². The molecule has 0 aliphatic carbocycles. The number of hydrogen-bond acceptors (Lipinski definition) is 8. The summed E-state index contributed by atoms with van der Waals surface area (Å²) in [5.74, 6) is 1.68. The average molecular weight is 385 g/mol. The van der Waals surface area contributed by atoms with E-state index in [0.29, 0.717) is 30.4 Å². The molecule has 0 bridgehead atoms. The lowest BCUT2D eigenvalue weighted by Gasteiger charge is -2.16. The zero-order valence-corrected chi connectivity index (χ0v) is 15.8. The Bertz CT molecular complexity index is 907. The van der Waals surface area contributed by atoms with Crippen LogP contribution in [0.2, 0.25) is 0 Å². The van der Waals surface area contributed by atoms with Gasteiger partial charge in [0.15, 0.2) is 17.3 Å². The van der Waals surface area contributed by atoms with Crippen molar-refractivity contribution in [2.75, 3.05) is 32.1 Å². The summed E-state index contributed by atoms with van der Waals surface area (Å²) in [7, 11) is 3.80. The molecule has 0 spiro atoms. The summed E-state index contributed by atoms with van der Waals surface area (Å²) in [4.78, 5) is 17.2. The Labute approximate surface area is 160 Å². The molecule has 140 valence electrons. The molecular weight excluding hydrogens is 366 g/mol. The fourth-order valence-corrected chi connectivity index (χ4v) is 3.54. The summed E-state index contributed by atoms with van der Waals surface area (Å²) in [5, 5.41) is 14.1. The molecule has 1 saturated heterocycles. The molecule has 0 N–H and O–H groups in total. The van der Waals surface area contributed by atoms with E-state index < -0.39 is 0 Å². The number of carbonyl (C=O) groups excluding carboxylic acids is 1. The van der Waals surface area contributed by atoms with E-state index in [1.54, 1.807) is 28.4 Å². The molecule has 3 aromatic heterocycles. The van der Waals surface area contributed by atoms with Crippen LogP contribution < -0.4 is 9.64 Å². The Kier molecular flexibility index (Phi) is 4.76. The van der Waals surface area contributed by atoms with Crippen molar-refractivity contribution in [2.45, 2.75) is 12.5 Å². The van der Waals surface area contributed by atoms with Gasteiger partial charge in [-0.05, 0) is 17.5 Å². The quantitative estimate of drug-likeness (QED) is 0.667. The molecule has 0 saturated carbocycles. The first-order chi connectivity index (χ1) is 13.1. The van der Waals surface area contributed by atoms with E-state index in [1.807, 2.05) is 42.6 Å². The summed E-state index contributed by atoms with van der Waals surface area (Å²) in [5.41, 5.74) is 0.314. The largest absolute Gasteiger partial charge is 0.471 e. The number of carbonyl (C=O) groups is 1. The molecule has 1 fully saturated rings. The monoisotopic (exact) mass is 385 g/mol. The van der Waals surface area contributed by atoms with Crippen LogP contribution in [-0.2, 0) is 0 Å². The number of hydrogen-bond donors (Lipinski definition) is 0. The van der Waals surface area contributed by atoms with Gasteiger partial charge in [0.25, 0.3) is 5.91 Å². The number of likely N-dealkylation sites (tertiary alicyclic amines) is 1. The Morgan fingerprint density at radius 1 is 1.33 bits per heavy atom. The van der Waals surface area contributed by atoms with E-state index in [0.717, 1.165) is 17.1 Å². The minimum atomic E-state index is -0.151. The van der Waals surface area contributed by atoms with E-state index in [-0.39, 0.29) is 12.0 Å². The zero-order chi connectivity index (χ0) is 18.8. The Hall–Kier alpha value is -2.94. The van der Waals surface area contributed by atoms with Gasteiger partial charge in [-0.2, -0.15) is 0 Å². The van der Waals surface area contributed by atoms with Crippen LogP contribution in [0, 0.1) is 0 Å². The third kappa shape index (κ3) is 3.77. The van der Waals surface area contributed by atoms with Crippen molar-refractivity contribution >= 4 is 23.1 Å². The highest BCUT2D eigenvalue weighted by molar-refractivity contribution is 7.13. The van der Waals surface area contributed by atoms with Gasteiger partial charge in [-0.3, -0.25) is 4.79 Å². The number of rotatable bonds is 5. The Morgan fingerprint density at radius 2 is 2.22 bits per heavy atom. The lowest BCUT2D eigenvalue weighted by Crippen LogP contribution is -2.31. The first kappa shape index (κ1) is 17.5. The number of nitrogens with zero attached hydrogens (tertiary/aromatic N) is 5. The molecule has 0 radical (unpaired) electrons. The average Bonchev–Trinajstić information content (AvgIpc) is 3.42. The molecule has 1 atom stereocenters. The second-order valence-electron chi connectivity index (χ2n) is 6.46. The molecular formula is C18H19N5O3S. The molecule has 9 heteroatoms. The summed E-state index contributed by atoms with van der Waals surface area (Å²) >= 11 is 1.54. The minimum absolute atomic E-state index is 0.114. The van der Waals surface area contributed by atoms with Crippen LogP contribution in [0.15, 0.2) is 40.2 Å². The molecule has 3 aromatic rings. The van der Waals surface area contributed by atoms with Gasteiger partial charge in [-0.1, -0.05) is 11.2 Å². The van der Waals surface area contributed by atoms with E-state index in [9.17, 15) is 4.79 Å². The van der Waals surface area contributed by atoms with Crippen LogP contribution >= 0.6 is 11.3 Å². The smallest absolute Gasteiger partial charge is 0.276 e. The molecule has 27 heavy (non-hydrogen) atoms. The second-order valence-corrected chi connectivity index (χ2v) is 7.41. The summed E-state index contributed by atoms with van der Waals surface area (Å²) in [6, 6.07) is 9.19. The number of anilines is 1. The zero-order valence-electron chi connectivity index (χ0n) is 15.0. The Balaban J connectivity index is 1.37. The van der Waals surface area contributed by atoms with Gasteiger partial charge >= 0.3 is 0 Å². The van der Waals surface area contributed by atoms with Crippen molar-refractivity contribution in [1.82, 2.24) is 20.3 Å². The predicted molar refractivity (Wildman–Crippen MR) is 101 cm³/mol. The van der Waals surface area contributed by atoms with Gasteiger partial charge in [-0.15, -0.1) is 21.5 Å². The SMILES string of the molecule is CN(C)c1ccc(OC2CCN(C(=O)c3cc(-c4cccs4)on3)C2)nn1. The van der Waals surface area contributed by atoms with Crippen molar-refractivity contribution in [3.63, 3.8) is 0 Å². The molecule has 1 aliphatic heterocycles. The maximum atomic E-state index is 12.7. The molecule has 8 nitrogen and oxygen atoms in total. The molecule has 1 aliphatic rings. The third-order valence-corrected chi connectivity index (χ3v) is 5.18. The lowest BCUT2D eigenvalue weighted by molar-refractivity contribution is 0.0761. The van der Waals surface area contributed by atoms with Gasteiger partial charge in [0.05, 0.1) is 11.4 Å². The minimum Gasteiger partial charge on any atom is -0.471 e. The van der Waals surface area contributed by atoms with Gasteiger partial charge in [0.2, 0.25) is 5.88 Å². The topological polar surface area (TPSA) is 84.6 Å². The predicted octanol–water partition coefficient (Wildman–Crippen LogP) is 2.55. The molecule has 1 unspecified atom stereocenters. The van der Waals surface area contributed by atoms with Crippen molar-refractivity contribution in [1.29, 1.82) is 0 Å². The molecule has 4 rings (SSSR count). The first-order valence-corrected chi connectivity index (χ1v) is 9.45. The molecule has 4 heterocycles. The van der Waals surface area contributed by atoms with Crippen LogP contribution in [-0.4, -0.2) is 59.4 Å². The highest BCUT2D eigenvalue weighted by Gasteiger charge is 2.30. The van der Waals surface area contributed by atoms with Gasteiger partial charge in [0.1, 0.15) is 6.10 Å². The summed E-state index contributed by atoms with van der Waals surface area (Å²) in [6.07, 6.45) is 0.621. The van der Waals surface area contributed by atoms with Gasteiger partial charge in [-0.25, -0.2) is 0 Å². The van der Waals surface area contributed by atoms with E-state index >= 15 is 0 Å². The summed E-state index contributed by atoms with van der Waals surface area (Å²) in [6.45, 7) is 1.09. The van der Waals surface area contributed by atoms with E-state index in [1.165, 1.54) is 0 Å². The van der Waals surface area contributed by atoms with Crippen molar-refractivity contribution in [2.24, 2.45) is 0 Å². The van der Waals surface area contributed by atoms with E-state index in [2.05, 4.69) is 15.4 Å². The maximum Gasteiger partial charge on any atom is 0.276 e. The van der Waals surface area contributed by atoms with Gasteiger partial charge < -0.3 is 19.1 Å². The van der Waals surface area contributed by atoms with Gasteiger partial charge in [0, 0.05) is 39.2 Å². The Morgan fingerprint density at radius 3 is 2.93 bits per heavy atom. The fourth-order valence-electron chi connectivity index (χ4n) is 2.87. The number of amides is 1. The number of ether oxygens (including phenoxy) is 1. The molecule has 0 aromatic carbocycles. The first-order valence-electron chi connectivity index (χ1n) is 8.58. The van der Waals surface area contributed by atoms with Crippen molar-refractivity contribution in [3.05, 3.63) is 41.4 Å². The standard InChI is InChI=1S/C18H19N5O3S/c1-22(2)16-5-6-17(20-19-16)25-12-7-8-23(11-12)18(24)13-10-14(26-21-13)15-4-3-9-27-15/h3-6,9-10,12H,7-8,11H2,1-2H3. The third-order valence-electron chi connectivity index (χ3n) is 4.30. The normalized spacial score (nSPS) is 16.5. The van der Waals surface area contributed by atoms with E-state index in [4.69, 9.17) is 9.26 Å². The van der Waals surface area contributed by atoms with Crippen molar-refractivity contribution < 1.29 is 14.1 Å². The lowest BCUT2D eigenvalue weighted by atomic mass is 10.3. The van der Waals surface area contributed by atoms with Crippen LogP contribution in [0.4, 0.5) is 5.82 Å². The molecule has 1 amide bonds. The fraction of sp³-hybridized carbons (Fsp3) is 0.333. The highest BCUT2D eigenvalue weighted by Crippen LogP contribution is 2.26. The highest BCUT2D eigenvalue weighted by atomic mass is 32.1. The number of thiophene rings is 1. The second kappa shape index (κ2) is 7.36. The van der Waals surface area contributed by atoms with Crippen LogP contribution in [0.25, 0.3) is 10.6 Å². The van der Waals surface area contributed by atoms with Crippen LogP contribution in [0.1, 0.15) is 16.9 Å².